The summed E-state index contributed by atoms with van der Waals surface area (Å²) in [7, 11) is -1.91. The Hall–Kier alpha value is -2.30. The minimum atomic E-state index is -3.73. The number of aryl methyl sites for hydroxylation is 1. The van der Waals surface area contributed by atoms with Crippen LogP contribution < -0.4 is 0 Å². The van der Waals surface area contributed by atoms with E-state index in [4.69, 9.17) is 11.6 Å². The summed E-state index contributed by atoms with van der Waals surface area (Å²) in [6, 6.07) is 4.32. The van der Waals surface area contributed by atoms with Crippen LogP contribution in [-0.4, -0.2) is 49.7 Å². The maximum absolute atomic E-state index is 13.4. The van der Waals surface area contributed by atoms with E-state index in [-0.39, 0.29) is 16.8 Å². The van der Waals surface area contributed by atoms with Gasteiger partial charge in [0.2, 0.25) is 15.8 Å². The molecule has 9 nitrogen and oxygen atoms in total. The first-order valence-electron chi connectivity index (χ1n) is 8.50. The van der Waals surface area contributed by atoms with Crippen LogP contribution in [0.1, 0.15) is 30.9 Å². The molecule has 1 atom stereocenters. The third kappa shape index (κ3) is 3.35. The van der Waals surface area contributed by atoms with Gasteiger partial charge in [-0.15, -0.1) is 10.2 Å². The Morgan fingerprint density at radius 3 is 2.85 bits per heavy atom. The van der Waals surface area contributed by atoms with E-state index in [1.165, 1.54) is 12.1 Å². The lowest BCUT2D eigenvalue weighted by Crippen LogP contribution is -2.38. The molecule has 1 saturated heterocycles. The van der Waals surface area contributed by atoms with E-state index in [0.717, 1.165) is 24.8 Å². The molecule has 4 rings (SSSR count). The monoisotopic (exact) mass is 407 g/mol. The van der Waals surface area contributed by atoms with Crippen LogP contribution in [0.3, 0.4) is 0 Å². The molecule has 3 heterocycles. The third-order valence-electron chi connectivity index (χ3n) is 4.69. The number of aromatic amines is 1. The van der Waals surface area contributed by atoms with E-state index in [2.05, 4.69) is 25.7 Å². The van der Waals surface area contributed by atoms with Crippen LogP contribution in [0.15, 0.2) is 35.5 Å². The Morgan fingerprint density at radius 2 is 2.15 bits per heavy atom. The maximum Gasteiger partial charge on any atom is 0.243 e. The molecule has 27 heavy (non-hydrogen) atoms. The number of hydrogen-bond donors (Lipinski definition) is 1. The molecule has 1 aliphatic rings. The number of tetrazole rings is 1. The van der Waals surface area contributed by atoms with Crippen molar-refractivity contribution < 1.29 is 8.42 Å². The first kappa shape index (κ1) is 18.1. The lowest BCUT2D eigenvalue weighted by atomic mass is 10.0. The first-order chi connectivity index (χ1) is 13.0. The predicted molar refractivity (Wildman–Crippen MR) is 98.3 cm³/mol. The molecule has 1 unspecified atom stereocenters. The molecule has 0 amide bonds. The van der Waals surface area contributed by atoms with Crippen molar-refractivity contribution in [1.82, 2.24) is 34.7 Å². The zero-order valence-electron chi connectivity index (χ0n) is 14.6. The molecule has 11 heteroatoms. The summed E-state index contributed by atoms with van der Waals surface area (Å²) in [6.45, 7) is 0.460. The van der Waals surface area contributed by atoms with Crippen molar-refractivity contribution in [3.63, 3.8) is 0 Å². The Kier molecular flexibility index (Phi) is 4.70. The average molecular weight is 408 g/mol. The summed E-state index contributed by atoms with van der Waals surface area (Å²) in [4.78, 5) is 0.155. The van der Waals surface area contributed by atoms with Crippen molar-refractivity contribution in [2.75, 3.05) is 6.54 Å². The van der Waals surface area contributed by atoms with Gasteiger partial charge in [-0.1, -0.05) is 18.0 Å². The lowest BCUT2D eigenvalue weighted by molar-refractivity contribution is 0.256. The van der Waals surface area contributed by atoms with E-state index in [1.807, 2.05) is 13.2 Å². The van der Waals surface area contributed by atoms with Gasteiger partial charge in [-0.05, 0) is 36.3 Å². The summed E-state index contributed by atoms with van der Waals surface area (Å²) in [6.07, 6.45) is 6.15. The van der Waals surface area contributed by atoms with E-state index in [0.29, 0.717) is 17.1 Å². The largest absolute Gasteiger partial charge is 0.275 e. The molecule has 0 radical (unpaired) electrons. The van der Waals surface area contributed by atoms with Crippen molar-refractivity contribution in [2.45, 2.75) is 30.2 Å². The van der Waals surface area contributed by atoms with Gasteiger partial charge in [-0.2, -0.15) is 14.6 Å². The highest BCUT2D eigenvalue weighted by atomic mass is 35.5. The maximum atomic E-state index is 13.4. The normalized spacial score (nSPS) is 18.7. The molecule has 1 aliphatic heterocycles. The van der Waals surface area contributed by atoms with Crippen molar-refractivity contribution in [3.05, 3.63) is 41.2 Å². The molecular formula is C16H18ClN7O2S. The molecular weight excluding hydrogens is 390 g/mol. The van der Waals surface area contributed by atoms with Gasteiger partial charge in [0.25, 0.3) is 0 Å². The van der Waals surface area contributed by atoms with Crippen molar-refractivity contribution >= 4 is 21.6 Å². The van der Waals surface area contributed by atoms with Gasteiger partial charge < -0.3 is 0 Å². The molecule has 0 aliphatic carbocycles. The van der Waals surface area contributed by atoms with Crippen molar-refractivity contribution in [1.29, 1.82) is 0 Å². The van der Waals surface area contributed by atoms with Crippen LogP contribution in [0.5, 0.6) is 0 Å². The number of halogens is 1. The standard InChI is InChI=1S/C16H18ClN7O2S/c1-23-10-11(9-18-23)15-4-2-3-7-24(15)27(25,26)12-5-6-14(17)13(8-12)16-19-21-22-20-16/h5-6,8-10,15H,2-4,7H2,1H3,(H,19,20,21,22). The Balaban J connectivity index is 1.75. The number of H-pyrrole nitrogens is 1. The summed E-state index contributed by atoms with van der Waals surface area (Å²) >= 11 is 6.21. The number of nitrogens with one attached hydrogen (secondary N) is 1. The second-order valence-electron chi connectivity index (χ2n) is 6.45. The van der Waals surface area contributed by atoms with Crippen LogP contribution in [-0.2, 0) is 17.1 Å². The van der Waals surface area contributed by atoms with Gasteiger partial charge >= 0.3 is 0 Å². The fourth-order valence-corrected chi connectivity index (χ4v) is 5.30. The van der Waals surface area contributed by atoms with Crippen molar-refractivity contribution in [3.8, 4) is 11.4 Å². The Labute approximate surface area is 161 Å². The molecule has 1 fully saturated rings. The van der Waals surface area contributed by atoms with Gasteiger partial charge in [-0.25, -0.2) is 8.42 Å². The number of piperidine rings is 1. The van der Waals surface area contributed by atoms with E-state index in [9.17, 15) is 8.42 Å². The van der Waals surface area contributed by atoms with Crippen LogP contribution in [0.2, 0.25) is 5.02 Å². The van der Waals surface area contributed by atoms with Gasteiger partial charge in [0.15, 0.2) is 0 Å². The molecule has 0 saturated carbocycles. The van der Waals surface area contributed by atoms with Gasteiger partial charge in [0.1, 0.15) is 0 Å². The molecule has 0 bridgehead atoms. The third-order valence-corrected chi connectivity index (χ3v) is 6.93. The summed E-state index contributed by atoms with van der Waals surface area (Å²) in [5.41, 5.74) is 1.31. The SMILES string of the molecule is Cn1cc(C2CCCCN2S(=O)(=O)c2ccc(Cl)c(-c3nn[nH]n3)c2)cn1. The average Bonchev–Trinajstić information content (AvgIpc) is 3.34. The summed E-state index contributed by atoms with van der Waals surface area (Å²) in [5.74, 6) is 0.250. The Morgan fingerprint density at radius 1 is 1.30 bits per heavy atom. The highest BCUT2D eigenvalue weighted by Crippen LogP contribution is 2.36. The highest BCUT2D eigenvalue weighted by molar-refractivity contribution is 7.89. The molecule has 0 spiro atoms. The van der Waals surface area contributed by atoms with E-state index < -0.39 is 10.0 Å². The minimum absolute atomic E-state index is 0.155. The number of aromatic nitrogens is 6. The molecule has 1 N–H and O–H groups in total. The summed E-state index contributed by atoms with van der Waals surface area (Å²) in [5, 5.41) is 18.2. The van der Waals surface area contributed by atoms with E-state index >= 15 is 0 Å². The fraction of sp³-hybridized carbons (Fsp3) is 0.375. The van der Waals surface area contributed by atoms with E-state index in [1.54, 1.807) is 21.3 Å². The number of sulfonamides is 1. The van der Waals surface area contributed by atoms with Gasteiger partial charge in [0, 0.05) is 30.9 Å². The molecule has 2 aromatic heterocycles. The van der Waals surface area contributed by atoms with Crippen LogP contribution in [0.25, 0.3) is 11.4 Å². The second kappa shape index (κ2) is 7.02. The molecule has 142 valence electrons. The number of hydrogen-bond acceptors (Lipinski definition) is 6. The Bertz CT molecular complexity index is 1050. The topological polar surface area (TPSA) is 110 Å². The predicted octanol–water partition coefficient (Wildman–Crippen LogP) is 2.17. The highest BCUT2D eigenvalue weighted by Gasteiger charge is 2.35. The van der Waals surface area contributed by atoms with Crippen LogP contribution >= 0.6 is 11.6 Å². The number of rotatable bonds is 4. The second-order valence-corrected chi connectivity index (χ2v) is 8.75. The minimum Gasteiger partial charge on any atom is -0.275 e. The van der Waals surface area contributed by atoms with Crippen LogP contribution in [0.4, 0.5) is 0 Å². The smallest absolute Gasteiger partial charge is 0.243 e. The van der Waals surface area contributed by atoms with Crippen molar-refractivity contribution in [2.24, 2.45) is 7.05 Å². The molecule has 1 aromatic carbocycles. The first-order valence-corrected chi connectivity index (χ1v) is 10.3. The summed E-state index contributed by atoms with van der Waals surface area (Å²) < 4.78 is 30.0. The van der Waals surface area contributed by atoms with Crippen LogP contribution in [0, 0.1) is 0 Å². The zero-order valence-corrected chi connectivity index (χ0v) is 16.2. The van der Waals surface area contributed by atoms with Gasteiger partial charge in [0.05, 0.1) is 22.2 Å². The number of benzene rings is 1. The molecule has 3 aromatic rings. The fourth-order valence-electron chi connectivity index (χ4n) is 3.39. The quantitative estimate of drug-likeness (QED) is 0.709. The van der Waals surface area contributed by atoms with Gasteiger partial charge in [-0.3, -0.25) is 4.68 Å². The lowest BCUT2D eigenvalue weighted by Gasteiger charge is -2.34. The number of nitrogens with zero attached hydrogens (tertiary/aromatic N) is 6. The zero-order chi connectivity index (χ0) is 19.0.